The fourth-order valence-corrected chi connectivity index (χ4v) is 4.87. The molecular weight excluding hydrogens is 324 g/mol. The molecule has 2 bridgehead atoms. The Bertz CT molecular complexity index is 828. The van der Waals surface area contributed by atoms with E-state index in [9.17, 15) is 15.8 Å². The maximum absolute atomic E-state index is 9.96. The Hall–Kier alpha value is -2.40. The second kappa shape index (κ2) is 5.05. The van der Waals surface area contributed by atoms with Crippen molar-refractivity contribution in [3.05, 3.63) is 21.9 Å². The molecule has 0 radical (unpaired) electrons. The van der Waals surface area contributed by atoms with Crippen LogP contribution in [0, 0.1) is 63.1 Å². The number of thiophene rings is 1. The predicted molar refractivity (Wildman–Crippen MR) is 85.6 cm³/mol. The van der Waals surface area contributed by atoms with Gasteiger partial charge in [-0.3, -0.25) is 5.41 Å². The van der Waals surface area contributed by atoms with Gasteiger partial charge in [0.25, 0.3) is 0 Å². The maximum atomic E-state index is 9.96. The van der Waals surface area contributed by atoms with Gasteiger partial charge >= 0.3 is 0 Å². The molecule has 24 heavy (non-hydrogen) atoms. The zero-order valence-electron chi connectivity index (χ0n) is 13.6. The highest BCUT2D eigenvalue weighted by molar-refractivity contribution is 7.12. The molecule has 0 aromatic carbocycles. The van der Waals surface area contributed by atoms with E-state index in [2.05, 4.69) is 6.07 Å². The van der Waals surface area contributed by atoms with Gasteiger partial charge in [-0.1, -0.05) is 13.8 Å². The summed E-state index contributed by atoms with van der Waals surface area (Å²) in [5.74, 6) is -2.13. The quantitative estimate of drug-likeness (QED) is 0.886. The molecule has 6 nitrogen and oxygen atoms in total. The molecule has 1 N–H and O–H groups in total. The number of nitrogens with zero attached hydrogens (tertiary/aromatic N) is 3. The SMILES string of the molecule is CCC12OC(=N)C(C#N)(C1C)C(C#N)(C#N)C(c1ccc(C)s1)O2. The van der Waals surface area contributed by atoms with Crippen molar-refractivity contribution in [2.75, 3.05) is 0 Å². The van der Waals surface area contributed by atoms with Crippen molar-refractivity contribution < 1.29 is 9.47 Å². The van der Waals surface area contributed by atoms with Gasteiger partial charge in [0.15, 0.2) is 5.41 Å². The lowest BCUT2D eigenvalue weighted by Crippen LogP contribution is -2.58. The lowest BCUT2D eigenvalue weighted by Gasteiger charge is -2.48. The van der Waals surface area contributed by atoms with Crippen LogP contribution in [-0.2, 0) is 9.47 Å². The Labute approximate surface area is 144 Å². The van der Waals surface area contributed by atoms with Crippen LogP contribution in [0.3, 0.4) is 0 Å². The summed E-state index contributed by atoms with van der Waals surface area (Å²) in [4.78, 5) is 1.70. The van der Waals surface area contributed by atoms with Gasteiger partial charge in [0, 0.05) is 16.2 Å². The molecule has 1 aromatic rings. The highest BCUT2D eigenvalue weighted by atomic mass is 32.1. The van der Waals surface area contributed by atoms with Crippen molar-refractivity contribution in [1.29, 1.82) is 21.2 Å². The number of nitriles is 3. The third-order valence-electron chi connectivity index (χ3n) is 5.32. The molecule has 4 unspecified atom stereocenters. The van der Waals surface area contributed by atoms with Crippen LogP contribution >= 0.6 is 11.3 Å². The lowest BCUT2D eigenvalue weighted by molar-refractivity contribution is -0.279. The number of nitrogens with one attached hydrogen (secondary N) is 1. The van der Waals surface area contributed by atoms with E-state index < -0.39 is 28.6 Å². The van der Waals surface area contributed by atoms with Crippen LogP contribution in [0.5, 0.6) is 0 Å². The van der Waals surface area contributed by atoms with Gasteiger partial charge < -0.3 is 9.47 Å². The molecule has 0 saturated carbocycles. The Morgan fingerprint density at radius 1 is 1.25 bits per heavy atom. The van der Waals surface area contributed by atoms with E-state index in [-0.39, 0.29) is 5.90 Å². The molecule has 1 aromatic heterocycles. The van der Waals surface area contributed by atoms with Gasteiger partial charge in [-0.05, 0) is 19.1 Å². The average Bonchev–Trinajstić information content (AvgIpc) is 3.07. The van der Waals surface area contributed by atoms with Gasteiger partial charge in [-0.15, -0.1) is 11.3 Å². The van der Waals surface area contributed by atoms with E-state index in [0.717, 1.165) is 4.88 Å². The summed E-state index contributed by atoms with van der Waals surface area (Å²) in [6.07, 6.45) is -0.529. The van der Waals surface area contributed by atoms with Crippen molar-refractivity contribution in [3.63, 3.8) is 0 Å². The monoisotopic (exact) mass is 340 g/mol. The van der Waals surface area contributed by atoms with Gasteiger partial charge in [0.2, 0.25) is 17.1 Å². The highest BCUT2D eigenvalue weighted by Gasteiger charge is 2.79. The molecule has 2 saturated heterocycles. The molecule has 7 heteroatoms. The van der Waals surface area contributed by atoms with E-state index in [0.29, 0.717) is 11.3 Å². The van der Waals surface area contributed by atoms with Crippen LogP contribution < -0.4 is 0 Å². The maximum Gasteiger partial charge on any atom is 0.217 e. The van der Waals surface area contributed by atoms with E-state index in [1.54, 1.807) is 6.92 Å². The summed E-state index contributed by atoms with van der Waals surface area (Å²) in [5, 5.41) is 38.1. The van der Waals surface area contributed by atoms with Crippen molar-refractivity contribution in [3.8, 4) is 18.2 Å². The van der Waals surface area contributed by atoms with Crippen LogP contribution in [0.15, 0.2) is 12.1 Å². The molecule has 0 amide bonds. The van der Waals surface area contributed by atoms with E-state index in [4.69, 9.17) is 14.9 Å². The minimum Gasteiger partial charge on any atom is -0.447 e. The number of fused-ring (bicyclic) bond motifs is 2. The molecule has 0 aliphatic carbocycles. The minimum absolute atomic E-state index is 0.349. The standard InChI is InChI=1S/C17H16N4O2S/c1-4-17-11(3)16(9-20,14(21)23-17)15(7-18,8-19)13(22-17)12-6-5-10(2)24-12/h5-6,11,13,21H,4H2,1-3H3. The van der Waals surface area contributed by atoms with Crippen LogP contribution in [0.4, 0.5) is 0 Å². The summed E-state index contributed by atoms with van der Waals surface area (Å²) in [6, 6.07) is 9.83. The summed E-state index contributed by atoms with van der Waals surface area (Å²) in [7, 11) is 0. The first-order valence-electron chi connectivity index (χ1n) is 7.63. The van der Waals surface area contributed by atoms with Crippen molar-refractivity contribution in [1.82, 2.24) is 0 Å². The summed E-state index contributed by atoms with van der Waals surface area (Å²) < 4.78 is 11.9. The molecule has 4 atom stereocenters. The van der Waals surface area contributed by atoms with Crippen LogP contribution in [0.25, 0.3) is 0 Å². The zero-order valence-corrected chi connectivity index (χ0v) is 14.4. The van der Waals surface area contributed by atoms with Crippen molar-refractivity contribution >= 4 is 17.2 Å². The number of hydrogen-bond acceptors (Lipinski definition) is 7. The smallest absolute Gasteiger partial charge is 0.217 e. The lowest BCUT2D eigenvalue weighted by atomic mass is 9.54. The fraction of sp³-hybridized carbons (Fsp3) is 0.529. The van der Waals surface area contributed by atoms with E-state index in [1.807, 2.05) is 38.1 Å². The molecule has 2 aliphatic rings. The molecule has 3 heterocycles. The minimum atomic E-state index is -1.84. The first-order valence-corrected chi connectivity index (χ1v) is 8.45. The topological polar surface area (TPSA) is 114 Å². The number of ether oxygens (including phenoxy) is 2. The van der Waals surface area contributed by atoms with Crippen LogP contribution in [0.2, 0.25) is 0 Å². The average molecular weight is 340 g/mol. The number of rotatable bonds is 2. The first-order chi connectivity index (χ1) is 11.4. The third kappa shape index (κ3) is 1.58. The highest BCUT2D eigenvalue weighted by Crippen LogP contribution is 2.67. The summed E-state index contributed by atoms with van der Waals surface area (Å²) in [6.45, 7) is 5.48. The Morgan fingerprint density at radius 2 is 1.92 bits per heavy atom. The first kappa shape index (κ1) is 16.5. The van der Waals surface area contributed by atoms with Gasteiger partial charge in [-0.2, -0.15) is 15.8 Å². The fourth-order valence-electron chi connectivity index (χ4n) is 3.89. The second-order valence-corrected chi connectivity index (χ2v) is 7.54. The Balaban J connectivity index is 2.34. The molecule has 2 aliphatic heterocycles. The zero-order chi connectivity index (χ0) is 17.8. The van der Waals surface area contributed by atoms with Crippen molar-refractivity contribution in [2.45, 2.75) is 39.1 Å². The summed E-state index contributed by atoms with van der Waals surface area (Å²) in [5.41, 5.74) is -3.50. The molecule has 3 rings (SSSR count). The van der Waals surface area contributed by atoms with E-state index >= 15 is 0 Å². The molecular formula is C17H16N4O2S. The summed E-state index contributed by atoms with van der Waals surface area (Å²) >= 11 is 1.42. The van der Waals surface area contributed by atoms with Crippen molar-refractivity contribution in [2.24, 2.45) is 16.7 Å². The van der Waals surface area contributed by atoms with Gasteiger partial charge in [0.05, 0.1) is 24.1 Å². The Morgan fingerprint density at radius 3 is 2.38 bits per heavy atom. The molecule has 122 valence electrons. The normalized spacial score (nSPS) is 36.2. The predicted octanol–water partition coefficient (Wildman–Crippen LogP) is 3.42. The number of aryl methyl sites for hydroxylation is 1. The van der Waals surface area contributed by atoms with Gasteiger partial charge in [-0.25, -0.2) is 0 Å². The number of hydrogen-bond donors (Lipinski definition) is 1. The van der Waals surface area contributed by atoms with Crippen LogP contribution in [-0.4, -0.2) is 11.7 Å². The van der Waals surface area contributed by atoms with Gasteiger partial charge in [0.1, 0.15) is 6.10 Å². The van der Waals surface area contributed by atoms with E-state index in [1.165, 1.54) is 11.3 Å². The molecule has 2 fully saturated rings. The van der Waals surface area contributed by atoms with Crippen LogP contribution in [0.1, 0.15) is 36.1 Å². The second-order valence-electron chi connectivity index (χ2n) is 6.22. The Kier molecular flexibility index (Phi) is 3.46. The third-order valence-corrected chi connectivity index (χ3v) is 6.36. The molecule has 0 spiro atoms. The largest absolute Gasteiger partial charge is 0.447 e.